The van der Waals surface area contributed by atoms with E-state index in [1.165, 1.54) is 11.0 Å². The number of phenolic OH excluding ortho intramolecular Hbond substituents is 1. The highest BCUT2D eigenvalue weighted by molar-refractivity contribution is 5.97. The molecule has 1 saturated heterocycles. The van der Waals surface area contributed by atoms with Crippen molar-refractivity contribution in [2.75, 3.05) is 19.7 Å². The third-order valence-electron chi connectivity index (χ3n) is 3.18. The first-order chi connectivity index (χ1) is 9.52. The minimum absolute atomic E-state index is 0.0626. The lowest BCUT2D eigenvalue weighted by atomic mass is 10.1. The van der Waals surface area contributed by atoms with Gasteiger partial charge < -0.3 is 25.7 Å². The van der Waals surface area contributed by atoms with E-state index in [1.54, 1.807) is 12.1 Å². The molecule has 1 aliphatic heterocycles. The lowest BCUT2D eigenvalue weighted by Crippen LogP contribution is -2.50. The van der Waals surface area contributed by atoms with Gasteiger partial charge in [0.05, 0.1) is 18.7 Å². The molecule has 2 rings (SSSR count). The first-order valence-electron chi connectivity index (χ1n) is 6.21. The molecule has 0 bridgehead atoms. The van der Waals surface area contributed by atoms with Crippen molar-refractivity contribution in [1.82, 2.24) is 4.90 Å². The van der Waals surface area contributed by atoms with Crippen LogP contribution in [0.2, 0.25) is 0 Å². The van der Waals surface area contributed by atoms with Gasteiger partial charge in [-0.3, -0.25) is 4.79 Å². The predicted octanol–water partition coefficient (Wildman–Crippen LogP) is 0.288. The molecular weight excluding hydrogens is 262 g/mol. The van der Waals surface area contributed by atoms with E-state index in [-0.39, 0.29) is 29.6 Å². The molecule has 0 saturated carbocycles. The Hall–Kier alpha value is -2.28. The quantitative estimate of drug-likeness (QED) is 0.312. The summed E-state index contributed by atoms with van der Waals surface area (Å²) in [7, 11) is 0. The van der Waals surface area contributed by atoms with E-state index in [0.29, 0.717) is 13.2 Å². The minimum Gasteiger partial charge on any atom is -0.507 e. The Labute approximate surface area is 116 Å². The molecule has 1 amide bonds. The fraction of sp³-hybridized carbons (Fsp3) is 0.385. The van der Waals surface area contributed by atoms with Crippen molar-refractivity contribution < 1.29 is 19.8 Å². The molecule has 0 aliphatic carbocycles. The number of aromatic hydroxyl groups is 1. The molecule has 0 aromatic heterocycles. The highest BCUT2D eigenvalue weighted by atomic mass is 16.5. The summed E-state index contributed by atoms with van der Waals surface area (Å²) in [5.41, 5.74) is 6.61. The smallest absolute Gasteiger partial charge is 0.257 e. The summed E-state index contributed by atoms with van der Waals surface area (Å²) in [6.45, 7) is 2.71. The van der Waals surface area contributed by atoms with Crippen molar-refractivity contribution in [2.45, 2.75) is 13.0 Å². The van der Waals surface area contributed by atoms with Crippen LogP contribution in [0.4, 0.5) is 0 Å². The fourth-order valence-corrected chi connectivity index (χ4v) is 2.07. The van der Waals surface area contributed by atoms with Gasteiger partial charge in [-0.1, -0.05) is 16.8 Å². The maximum atomic E-state index is 12.4. The predicted molar refractivity (Wildman–Crippen MR) is 71.9 cm³/mol. The third kappa shape index (κ3) is 2.83. The molecule has 1 heterocycles. The molecular formula is C13H17N3O4. The van der Waals surface area contributed by atoms with E-state index in [1.807, 2.05) is 6.92 Å². The van der Waals surface area contributed by atoms with Crippen LogP contribution in [0.1, 0.15) is 15.9 Å². The number of benzene rings is 1. The van der Waals surface area contributed by atoms with E-state index in [2.05, 4.69) is 5.16 Å². The number of morpholine rings is 1. The largest absolute Gasteiger partial charge is 0.507 e. The van der Waals surface area contributed by atoms with Crippen LogP contribution >= 0.6 is 0 Å². The van der Waals surface area contributed by atoms with Crippen LogP contribution in [-0.2, 0) is 4.74 Å². The zero-order valence-corrected chi connectivity index (χ0v) is 11.1. The van der Waals surface area contributed by atoms with Crippen molar-refractivity contribution in [1.29, 1.82) is 0 Å². The maximum absolute atomic E-state index is 12.4. The second-order valence-corrected chi connectivity index (χ2v) is 4.66. The molecule has 1 aliphatic rings. The molecule has 1 atom stereocenters. The zero-order chi connectivity index (χ0) is 14.7. The normalized spacial score (nSPS) is 19.9. The molecule has 1 fully saturated rings. The van der Waals surface area contributed by atoms with Crippen LogP contribution < -0.4 is 5.73 Å². The standard InChI is InChI=1S/C13H17N3O4/c1-8-2-3-10(17)9(6-8)13(18)16-4-5-20-11(7-16)12(14)15-19/h2-3,6,11,17,19H,4-5,7H2,1H3,(H2,14,15). The van der Waals surface area contributed by atoms with E-state index in [4.69, 9.17) is 15.7 Å². The van der Waals surface area contributed by atoms with Gasteiger partial charge in [-0.05, 0) is 19.1 Å². The van der Waals surface area contributed by atoms with Gasteiger partial charge in [-0.25, -0.2) is 0 Å². The fourth-order valence-electron chi connectivity index (χ4n) is 2.07. The Morgan fingerprint density at radius 2 is 2.30 bits per heavy atom. The molecule has 1 aromatic rings. The molecule has 1 unspecified atom stereocenters. The topological polar surface area (TPSA) is 108 Å². The number of amides is 1. The number of aryl methyl sites for hydroxylation is 1. The van der Waals surface area contributed by atoms with E-state index in [9.17, 15) is 9.90 Å². The number of amidine groups is 1. The van der Waals surface area contributed by atoms with E-state index < -0.39 is 6.10 Å². The summed E-state index contributed by atoms with van der Waals surface area (Å²) in [5.74, 6) is -0.436. The van der Waals surface area contributed by atoms with Crippen molar-refractivity contribution in [3.05, 3.63) is 29.3 Å². The highest BCUT2D eigenvalue weighted by Crippen LogP contribution is 2.21. The Balaban J connectivity index is 2.18. The summed E-state index contributed by atoms with van der Waals surface area (Å²) in [6.07, 6.45) is -0.635. The van der Waals surface area contributed by atoms with Gasteiger partial charge in [-0.2, -0.15) is 0 Å². The van der Waals surface area contributed by atoms with Gasteiger partial charge in [0, 0.05) is 6.54 Å². The zero-order valence-electron chi connectivity index (χ0n) is 11.1. The van der Waals surface area contributed by atoms with Crippen molar-refractivity contribution in [3.63, 3.8) is 0 Å². The van der Waals surface area contributed by atoms with Crippen molar-refractivity contribution in [2.24, 2.45) is 10.9 Å². The number of nitrogens with two attached hydrogens (primary N) is 1. The molecule has 7 heteroatoms. The first kappa shape index (κ1) is 14.1. The molecule has 1 aromatic carbocycles. The van der Waals surface area contributed by atoms with Gasteiger partial charge in [0.1, 0.15) is 11.9 Å². The summed E-state index contributed by atoms with van der Waals surface area (Å²) >= 11 is 0. The number of phenols is 1. The summed E-state index contributed by atoms with van der Waals surface area (Å²) in [5, 5.41) is 21.3. The number of carbonyl (C=O) groups excluding carboxylic acids is 1. The lowest BCUT2D eigenvalue weighted by Gasteiger charge is -2.32. The van der Waals surface area contributed by atoms with Crippen LogP contribution in [-0.4, -0.2) is 52.8 Å². The Morgan fingerprint density at radius 1 is 1.55 bits per heavy atom. The Kier molecular flexibility index (Phi) is 4.09. The van der Waals surface area contributed by atoms with E-state index in [0.717, 1.165) is 5.56 Å². The van der Waals surface area contributed by atoms with Crippen LogP contribution in [0, 0.1) is 6.92 Å². The molecule has 0 spiro atoms. The average Bonchev–Trinajstić information content (AvgIpc) is 2.48. The second-order valence-electron chi connectivity index (χ2n) is 4.66. The van der Waals surface area contributed by atoms with Crippen LogP contribution in [0.3, 0.4) is 0 Å². The maximum Gasteiger partial charge on any atom is 0.257 e. The summed E-state index contributed by atoms with van der Waals surface area (Å²) in [4.78, 5) is 13.9. The number of hydrogen-bond donors (Lipinski definition) is 3. The third-order valence-corrected chi connectivity index (χ3v) is 3.18. The molecule has 7 nitrogen and oxygen atoms in total. The van der Waals surface area contributed by atoms with Crippen LogP contribution in [0.5, 0.6) is 5.75 Å². The number of carbonyl (C=O) groups is 1. The van der Waals surface area contributed by atoms with Gasteiger partial charge >= 0.3 is 0 Å². The Bertz CT molecular complexity index is 544. The number of oxime groups is 1. The monoisotopic (exact) mass is 279 g/mol. The van der Waals surface area contributed by atoms with Gasteiger partial charge in [0.25, 0.3) is 5.91 Å². The number of rotatable bonds is 2. The number of ether oxygens (including phenoxy) is 1. The van der Waals surface area contributed by atoms with Crippen molar-refractivity contribution >= 4 is 11.7 Å². The van der Waals surface area contributed by atoms with Crippen molar-refractivity contribution in [3.8, 4) is 5.75 Å². The molecule has 0 radical (unpaired) electrons. The first-order valence-corrected chi connectivity index (χ1v) is 6.21. The lowest BCUT2D eigenvalue weighted by molar-refractivity contribution is 0.00662. The Morgan fingerprint density at radius 3 is 3.00 bits per heavy atom. The average molecular weight is 279 g/mol. The molecule has 20 heavy (non-hydrogen) atoms. The SMILES string of the molecule is Cc1ccc(O)c(C(=O)N2CCOC(C(N)=NO)C2)c1. The van der Waals surface area contributed by atoms with Crippen LogP contribution in [0.15, 0.2) is 23.4 Å². The van der Waals surface area contributed by atoms with E-state index >= 15 is 0 Å². The number of hydrogen-bond acceptors (Lipinski definition) is 5. The molecule has 108 valence electrons. The minimum atomic E-state index is -0.635. The summed E-state index contributed by atoms with van der Waals surface area (Å²) < 4.78 is 5.33. The van der Waals surface area contributed by atoms with Crippen LogP contribution in [0.25, 0.3) is 0 Å². The number of nitrogens with zero attached hydrogens (tertiary/aromatic N) is 2. The molecule has 4 N–H and O–H groups in total. The van der Waals surface area contributed by atoms with Gasteiger partial charge in [0.15, 0.2) is 5.84 Å². The summed E-state index contributed by atoms with van der Waals surface area (Å²) in [6, 6.07) is 4.85. The van der Waals surface area contributed by atoms with Gasteiger partial charge in [-0.15, -0.1) is 0 Å². The van der Waals surface area contributed by atoms with Gasteiger partial charge in [0.2, 0.25) is 0 Å². The highest BCUT2D eigenvalue weighted by Gasteiger charge is 2.28. The second kappa shape index (κ2) is 5.79.